The lowest BCUT2D eigenvalue weighted by Gasteiger charge is -1.77. The Hall–Kier alpha value is -1.52. The van der Waals surface area contributed by atoms with Crippen LogP contribution in [0.5, 0.6) is 0 Å². The Bertz CT molecular complexity index is 270. The molecule has 0 saturated carbocycles. The smallest absolute Gasteiger partial charge is 0.416 e. The van der Waals surface area contributed by atoms with Gasteiger partial charge in [-0.2, -0.15) is 0 Å². The van der Waals surface area contributed by atoms with Crippen molar-refractivity contribution < 1.29 is 14.3 Å². The van der Waals surface area contributed by atoms with Crippen molar-refractivity contribution in [2.45, 2.75) is 0 Å². The molecular formula is C4H3NO4. The molecule has 1 aromatic rings. The van der Waals surface area contributed by atoms with Crippen LogP contribution in [0.1, 0.15) is 10.5 Å². The normalized spacial score (nSPS) is 9.33. The molecule has 5 nitrogen and oxygen atoms in total. The Morgan fingerprint density at radius 2 is 2.44 bits per heavy atom. The third kappa shape index (κ3) is 0.987. The number of hydrogen-bond donors (Lipinski definition) is 2. The van der Waals surface area contributed by atoms with Gasteiger partial charge in [0.05, 0.1) is 0 Å². The number of nitrogens with one attached hydrogen (secondary N) is 1. The van der Waals surface area contributed by atoms with Gasteiger partial charge in [0, 0.05) is 0 Å². The fraction of sp³-hybridized carbons (Fsp3) is 0. The van der Waals surface area contributed by atoms with Crippen molar-refractivity contribution in [2.75, 3.05) is 0 Å². The predicted molar refractivity (Wildman–Crippen MR) is 26.3 cm³/mol. The number of aromatic carboxylic acids is 1. The molecule has 0 fully saturated rings. The summed E-state index contributed by atoms with van der Waals surface area (Å²) in [5, 5.41) is 8.17. The monoisotopic (exact) mass is 129 g/mol. The van der Waals surface area contributed by atoms with Crippen LogP contribution in [0.2, 0.25) is 0 Å². The standard InChI is InChI=1S/C4H3NO4/c6-3(7)2-1-9-4(8)5-2/h1H,(H,5,8)(H,6,7). The van der Waals surface area contributed by atoms with Crippen molar-refractivity contribution in [2.24, 2.45) is 0 Å². The summed E-state index contributed by atoms with van der Waals surface area (Å²) < 4.78 is 4.13. The third-order valence-corrected chi connectivity index (χ3v) is 0.751. The maximum Gasteiger partial charge on any atom is 0.416 e. The van der Waals surface area contributed by atoms with Crippen LogP contribution < -0.4 is 5.76 Å². The lowest BCUT2D eigenvalue weighted by atomic mass is 10.5. The van der Waals surface area contributed by atoms with E-state index in [1.54, 1.807) is 0 Å². The van der Waals surface area contributed by atoms with Crippen molar-refractivity contribution in [1.29, 1.82) is 0 Å². The minimum absolute atomic E-state index is 0.236. The molecule has 0 radical (unpaired) electrons. The average molecular weight is 129 g/mol. The van der Waals surface area contributed by atoms with Crippen LogP contribution in [-0.4, -0.2) is 16.1 Å². The molecule has 0 aromatic carbocycles. The molecule has 48 valence electrons. The molecule has 9 heavy (non-hydrogen) atoms. The SMILES string of the molecule is O=C(O)c1coc(=O)[nH]1. The highest BCUT2D eigenvalue weighted by molar-refractivity contribution is 5.84. The summed E-state index contributed by atoms with van der Waals surface area (Å²) >= 11 is 0. The van der Waals surface area contributed by atoms with E-state index in [-0.39, 0.29) is 5.69 Å². The molecule has 1 rings (SSSR count). The molecule has 0 aliphatic heterocycles. The van der Waals surface area contributed by atoms with E-state index >= 15 is 0 Å². The predicted octanol–water partition coefficient (Wildman–Crippen LogP) is -0.334. The van der Waals surface area contributed by atoms with Crippen LogP contribution in [0.25, 0.3) is 0 Å². The molecule has 5 heteroatoms. The molecule has 1 heterocycles. The molecular weight excluding hydrogens is 126 g/mol. The van der Waals surface area contributed by atoms with Crippen LogP contribution in [-0.2, 0) is 0 Å². The van der Waals surface area contributed by atoms with Crippen LogP contribution >= 0.6 is 0 Å². The summed E-state index contributed by atoms with van der Waals surface area (Å²) in [5.74, 6) is -1.96. The van der Waals surface area contributed by atoms with Gasteiger partial charge in [0.1, 0.15) is 6.26 Å². The highest BCUT2D eigenvalue weighted by Gasteiger charge is 2.04. The quantitative estimate of drug-likeness (QED) is 0.543. The van der Waals surface area contributed by atoms with Crippen LogP contribution in [0.3, 0.4) is 0 Å². The fourth-order valence-electron chi connectivity index (χ4n) is 0.385. The highest BCUT2D eigenvalue weighted by Crippen LogP contribution is 1.87. The zero-order valence-corrected chi connectivity index (χ0v) is 4.25. The number of hydrogen-bond acceptors (Lipinski definition) is 3. The first kappa shape index (κ1) is 5.61. The first-order chi connectivity index (χ1) is 4.20. The zero-order chi connectivity index (χ0) is 6.85. The summed E-state index contributed by atoms with van der Waals surface area (Å²) in [5.41, 5.74) is -0.236. The molecule has 0 aliphatic carbocycles. The van der Waals surface area contributed by atoms with E-state index < -0.39 is 11.7 Å². The van der Waals surface area contributed by atoms with E-state index in [0.717, 1.165) is 6.26 Å². The molecule has 0 atom stereocenters. The van der Waals surface area contributed by atoms with Gasteiger partial charge < -0.3 is 9.52 Å². The maximum atomic E-state index is 10.1. The molecule has 1 aromatic heterocycles. The Balaban J connectivity index is 3.12. The number of H-pyrrole nitrogens is 1. The second kappa shape index (κ2) is 1.77. The van der Waals surface area contributed by atoms with E-state index in [1.807, 2.05) is 4.98 Å². The van der Waals surface area contributed by atoms with Gasteiger partial charge >= 0.3 is 11.7 Å². The second-order valence-electron chi connectivity index (χ2n) is 1.37. The molecule has 0 saturated heterocycles. The number of rotatable bonds is 1. The van der Waals surface area contributed by atoms with E-state index in [2.05, 4.69) is 4.42 Å². The van der Waals surface area contributed by atoms with Gasteiger partial charge in [-0.05, 0) is 0 Å². The minimum Gasteiger partial charge on any atom is -0.476 e. The van der Waals surface area contributed by atoms with Crippen molar-refractivity contribution >= 4 is 5.97 Å². The van der Waals surface area contributed by atoms with Crippen LogP contribution in [0.15, 0.2) is 15.5 Å². The molecule has 0 spiro atoms. The van der Waals surface area contributed by atoms with E-state index in [0.29, 0.717) is 0 Å². The lowest BCUT2D eigenvalue weighted by Crippen LogP contribution is -2.01. The van der Waals surface area contributed by atoms with Gasteiger partial charge in [-0.15, -0.1) is 0 Å². The Kier molecular flexibility index (Phi) is 1.11. The Morgan fingerprint density at radius 1 is 1.78 bits per heavy atom. The number of aromatic nitrogens is 1. The zero-order valence-electron chi connectivity index (χ0n) is 4.25. The van der Waals surface area contributed by atoms with Gasteiger partial charge in [-0.3, -0.25) is 4.98 Å². The van der Waals surface area contributed by atoms with E-state index in [4.69, 9.17) is 5.11 Å². The summed E-state index contributed by atoms with van der Waals surface area (Å²) in [6.45, 7) is 0. The first-order valence-corrected chi connectivity index (χ1v) is 2.11. The van der Waals surface area contributed by atoms with Gasteiger partial charge in [0.2, 0.25) is 0 Å². The lowest BCUT2D eigenvalue weighted by molar-refractivity contribution is 0.0690. The topological polar surface area (TPSA) is 83.3 Å². The van der Waals surface area contributed by atoms with Gasteiger partial charge in [-0.25, -0.2) is 9.59 Å². The van der Waals surface area contributed by atoms with Gasteiger partial charge in [-0.1, -0.05) is 0 Å². The van der Waals surface area contributed by atoms with Crippen molar-refractivity contribution in [3.05, 3.63) is 22.5 Å². The summed E-state index contributed by atoms with van der Waals surface area (Å²) in [6.07, 6.45) is 0.852. The Morgan fingerprint density at radius 3 is 2.67 bits per heavy atom. The van der Waals surface area contributed by atoms with Crippen molar-refractivity contribution in [3.8, 4) is 0 Å². The number of carboxylic acids is 1. The maximum absolute atomic E-state index is 10.1. The largest absolute Gasteiger partial charge is 0.476 e. The molecule has 0 unspecified atom stereocenters. The Labute approximate surface area is 48.9 Å². The summed E-state index contributed by atoms with van der Waals surface area (Å²) in [6, 6.07) is 0. The third-order valence-electron chi connectivity index (χ3n) is 0.751. The number of carboxylic acid groups (broad SMARTS) is 1. The molecule has 2 N–H and O–H groups in total. The molecule has 0 aliphatic rings. The van der Waals surface area contributed by atoms with Crippen LogP contribution in [0.4, 0.5) is 0 Å². The minimum atomic E-state index is -1.21. The fourth-order valence-corrected chi connectivity index (χ4v) is 0.385. The number of carbonyl (C=O) groups is 1. The summed E-state index contributed by atoms with van der Waals surface area (Å²) in [4.78, 5) is 22.0. The van der Waals surface area contributed by atoms with Crippen molar-refractivity contribution in [3.63, 3.8) is 0 Å². The summed E-state index contributed by atoms with van der Waals surface area (Å²) in [7, 11) is 0. The first-order valence-electron chi connectivity index (χ1n) is 2.11. The highest BCUT2D eigenvalue weighted by atomic mass is 16.4. The van der Waals surface area contributed by atoms with E-state index in [1.165, 1.54) is 0 Å². The molecule has 0 bridgehead atoms. The number of oxazole rings is 1. The average Bonchev–Trinajstić information content (AvgIpc) is 2.14. The van der Waals surface area contributed by atoms with Crippen LogP contribution in [0, 0.1) is 0 Å². The number of aromatic amines is 1. The molecule has 0 amide bonds. The van der Waals surface area contributed by atoms with Gasteiger partial charge in [0.15, 0.2) is 5.69 Å². The van der Waals surface area contributed by atoms with E-state index in [9.17, 15) is 9.59 Å². The van der Waals surface area contributed by atoms with Crippen molar-refractivity contribution in [1.82, 2.24) is 4.98 Å². The van der Waals surface area contributed by atoms with Gasteiger partial charge in [0.25, 0.3) is 0 Å². The second-order valence-corrected chi connectivity index (χ2v) is 1.37.